The number of rotatable bonds is 12. The van der Waals surface area contributed by atoms with Gasteiger partial charge in [0.05, 0.1) is 13.2 Å². The highest BCUT2D eigenvalue weighted by Crippen LogP contribution is 2.51. The number of carbonyl (C=O) groups excluding carboxylic acids is 2. The zero-order chi connectivity index (χ0) is 37.0. The van der Waals surface area contributed by atoms with Gasteiger partial charge in [0.1, 0.15) is 36.6 Å². The molecule has 0 radical (unpaired) electrons. The number of aromatic nitrogens is 4. The Morgan fingerprint density at radius 3 is 1.92 bits per heavy atom. The van der Waals surface area contributed by atoms with E-state index in [0.717, 1.165) is 27.5 Å². The van der Waals surface area contributed by atoms with E-state index in [9.17, 15) is 43.3 Å². The van der Waals surface area contributed by atoms with Crippen LogP contribution in [0.2, 0.25) is 0 Å². The van der Waals surface area contributed by atoms with E-state index in [4.69, 9.17) is 53.7 Å². The molecule has 4 aliphatic heterocycles. The van der Waals surface area contributed by atoms with Crippen LogP contribution >= 0.6 is 7.82 Å². The molecule has 11 atom stereocenters. The van der Waals surface area contributed by atoms with E-state index < -0.39 is 129 Å². The fourth-order valence-corrected chi connectivity index (χ4v) is 6.97. The Bertz CT molecular complexity index is 1920. The number of phosphoric acid groups is 1. The summed E-state index contributed by atoms with van der Waals surface area (Å²) >= 11 is 0. The van der Waals surface area contributed by atoms with Crippen LogP contribution in [-0.2, 0) is 56.4 Å². The van der Waals surface area contributed by atoms with Crippen molar-refractivity contribution in [1.82, 2.24) is 19.1 Å². The highest BCUT2D eigenvalue weighted by Gasteiger charge is 2.58. The molecule has 2 aromatic heterocycles. The second kappa shape index (κ2) is 13.9. The van der Waals surface area contributed by atoms with Crippen molar-refractivity contribution < 1.29 is 66.4 Å². The molecule has 2 amide bonds. The van der Waals surface area contributed by atoms with Crippen LogP contribution in [0.3, 0.4) is 0 Å². The van der Waals surface area contributed by atoms with Gasteiger partial charge in [0.15, 0.2) is 30.5 Å². The van der Waals surface area contributed by atoms with Gasteiger partial charge in [-0.05, 0) is 13.8 Å². The highest BCUT2D eigenvalue weighted by molar-refractivity contribution is 7.47. The van der Waals surface area contributed by atoms with Crippen molar-refractivity contribution in [1.29, 1.82) is 0 Å². The summed E-state index contributed by atoms with van der Waals surface area (Å²) in [6.45, 7) is -0.360. The molecular formula is C26H33N6O18P. The van der Waals surface area contributed by atoms with Crippen LogP contribution in [0, 0.1) is 0 Å². The first kappa shape index (κ1) is 36.9. The van der Waals surface area contributed by atoms with Crippen LogP contribution in [0.1, 0.15) is 26.3 Å². The number of primary amides is 2. The predicted octanol–water partition coefficient (Wildman–Crippen LogP) is -4.68. The van der Waals surface area contributed by atoms with Crippen molar-refractivity contribution in [2.24, 2.45) is 11.5 Å². The molecule has 0 saturated carbocycles. The van der Waals surface area contributed by atoms with Crippen molar-refractivity contribution in [3.63, 3.8) is 0 Å². The third kappa shape index (κ3) is 7.53. The zero-order valence-corrected chi connectivity index (χ0v) is 27.4. The monoisotopic (exact) mass is 748 g/mol. The fraction of sp³-hybridized carbons (Fsp3) is 0.615. The molecule has 4 aliphatic rings. The molecule has 0 bridgehead atoms. The molecule has 6 rings (SSSR count). The summed E-state index contributed by atoms with van der Waals surface area (Å²) in [7, 11) is -5.24. The predicted molar refractivity (Wildman–Crippen MR) is 159 cm³/mol. The molecule has 1 unspecified atom stereocenters. The summed E-state index contributed by atoms with van der Waals surface area (Å²) in [4.78, 5) is 87.3. The molecule has 4 fully saturated rings. The Balaban J connectivity index is 1.24. The molecule has 51 heavy (non-hydrogen) atoms. The Kier molecular flexibility index (Phi) is 10.1. The summed E-state index contributed by atoms with van der Waals surface area (Å²) in [5.41, 5.74) is 7.25. The number of aliphatic hydroxyl groups excluding tert-OH is 1. The van der Waals surface area contributed by atoms with Crippen LogP contribution in [0.15, 0.2) is 43.7 Å². The van der Waals surface area contributed by atoms with E-state index in [-0.39, 0.29) is 0 Å². The minimum absolute atomic E-state index is 0.661. The van der Waals surface area contributed by atoms with Crippen molar-refractivity contribution >= 4 is 19.6 Å². The lowest BCUT2D eigenvalue weighted by atomic mass is 10.1. The van der Waals surface area contributed by atoms with Crippen molar-refractivity contribution in [2.75, 3.05) is 13.2 Å². The molecular weight excluding hydrogens is 715 g/mol. The number of nitrogens with one attached hydrogen (secondary N) is 2. The van der Waals surface area contributed by atoms with Crippen molar-refractivity contribution in [3.05, 3.63) is 66.2 Å². The molecule has 8 N–H and O–H groups in total. The minimum Gasteiger partial charge on any atom is -0.394 e. The highest BCUT2D eigenvalue weighted by atomic mass is 31.2. The maximum Gasteiger partial charge on any atom is 0.472 e. The van der Waals surface area contributed by atoms with Gasteiger partial charge < -0.3 is 54.6 Å². The average molecular weight is 749 g/mol. The third-order valence-corrected chi connectivity index (χ3v) is 9.10. The van der Waals surface area contributed by atoms with E-state index >= 15 is 0 Å². The van der Waals surface area contributed by atoms with Gasteiger partial charge in [-0.15, -0.1) is 0 Å². The average Bonchev–Trinajstić information content (AvgIpc) is 3.77. The quantitative estimate of drug-likeness (QED) is 0.111. The first-order chi connectivity index (χ1) is 24.0. The number of H-pyrrole nitrogens is 2. The minimum atomic E-state index is -5.24. The van der Waals surface area contributed by atoms with Gasteiger partial charge >= 0.3 is 19.2 Å². The summed E-state index contributed by atoms with van der Waals surface area (Å²) in [5, 5.41) is 10.1. The van der Waals surface area contributed by atoms with Crippen molar-refractivity contribution in [3.8, 4) is 0 Å². The zero-order valence-electron chi connectivity index (χ0n) is 26.5. The second-order valence-corrected chi connectivity index (χ2v) is 13.5. The molecule has 4 saturated heterocycles. The van der Waals surface area contributed by atoms with E-state index in [1.54, 1.807) is 13.8 Å². The lowest BCUT2D eigenvalue weighted by Crippen LogP contribution is -2.44. The Labute approximate surface area is 283 Å². The van der Waals surface area contributed by atoms with Crippen LogP contribution in [0.25, 0.3) is 0 Å². The lowest BCUT2D eigenvalue weighted by molar-refractivity contribution is -0.278. The SMILES string of the molecule is CC1(C)O[C@@H]2[C@H](O1)[C@@H](COP(=O)(O)O[C@H]1[C@@H](OC3O[C@@H](C(N)=O)[C@H](C(N)=O)O3)[C@H](n3ccc(=O)[nH]c3=O)O[C@@H]1CO)O[C@H]2n1ccc(=O)[nH]c1=O. The van der Waals surface area contributed by atoms with Gasteiger partial charge in [-0.25, -0.2) is 14.2 Å². The van der Waals surface area contributed by atoms with Gasteiger partial charge in [-0.2, -0.15) is 0 Å². The fourth-order valence-electron chi connectivity index (χ4n) is 6.01. The van der Waals surface area contributed by atoms with Crippen LogP contribution in [0.5, 0.6) is 0 Å². The molecule has 25 heteroatoms. The molecule has 0 aromatic carbocycles. The van der Waals surface area contributed by atoms with Crippen molar-refractivity contribution in [2.45, 2.75) is 87.4 Å². The third-order valence-electron chi connectivity index (χ3n) is 8.12. The number of hydrogen-bond acceptors (Lipinski definition) is 17. The lowest BCUT2D eigenvalue weighted by Gasteiger charge is -2.28. The molecule has 280 valence electrons. The number of nitrogens with two attached hydrogens (primary N) is 2. The molecule has 6 heterocycles. The molecule has 0 aliphatic carbocycles. The Morgan fingerprint density at radius 1 is 0.863 bits per heavy atom. The van der Waals surface area contributed by atoms with Crippen LogP contribution < -0.4 is 34.0 Å². The number of amides is 2. The van der Waals surface area contributed by atoms with Gasteiger partial charge in [-0.1, -0.05) is 0 Å². The number of phosphoric ester groups is 1. The van der Waals surface area contributed by atoms with E-state index in [1.807, 2.05) is 4.98 Å². The summed E-state index contributed by atoms with van der Waals surface area (Å²) in [6.07, 6.45) is -12.2. The number of nitrogens with zero attached hydrogens (tertiary/aromatic N) is 2. The van der Waals surface area contributed by atoms with Gasteiger partial charge in [0.2, 0.25) is 11.8 Å². The topological polar surface area (TPSA) is 336 Å². The smallest absolute Gasteiger partial charge is 0.394 e. The Morgan fingerprint density at radius 2 is 1.39 bits per heavy atom. The first-order valence-electron chi connectivity index (χ1n) is 15.1. The van der Waals surface area contributed by atoms with Gasteiger partial charge in [0.25, 0.3) is 17.6 Å². The van der Waals surface area contributed by atoms with Crippen LogP contribution in [0.4, 0.5) is 0 Å². The molecule has 2 aromatic rings. The number of hydrogen-bond donors (Lipinski definition) is 6. The summed E-state index contributed by atoms with van der Waals surface area (Å²) in [6, 6.07) is 2.02. The number of fused-ring (bicyclic) bond motifs is 1. The largest absolute Gasteiger partial charge is 0.472 e. The first-order valence-corrected chi connectivity index (χ1v) is 16.6. The van der Waals surface area contributed by atoms with E-state index in [2.05, 4.69) is 4.98 Å². The molecule has 24 nitrogen and oxygen atoms in total. The number of aliphatic hydroxyl groups is 1. The summed E-state index contributed by atoms with van der Waals surface area (Å²) in [5.74, 6) is -3.49. The normalized spacial score (nSPS) is 34.4. The van der Waals surface area contributed by atoms with Crippen LogP contribution in [-0.4, -0.2) is 115 Å². The van der Waals surface area contributed by atoms with Gasteiger partial charge in [0, 0.05) is 24.5 Å². The molecule has 0 spiro atoms. The van der Waals surface area contributed by atoms with E-state index in [0.29, 0.717) is 0 Å². The van der Waals surface area contributed by atoms with Gasteiger partial charge in [-0.3, -0.25) is 47.3 Å². The maximum absolute atomic E-state index is 13.5. The number of ether oxygens (including phenoxy) is 7. The second-order valence-electron chi connectivity index (χ2n) is 12.1. The maximum atomic E-state index is 13.5. The number of aromatic amines is 2. The number of carbonyl (C=O) groups is 2. The Hall–Kier alpha value is -3.91. The van der Waals surface area contributed by atoms with E-state index in [1.165, 1.54) is 6.20 Å². The summed E-state index contributed by atoms with van der Waals surface area (Å²) < 4.78 is 65.7. The standard InChI is InChI=1S/C26H33N6O18P/c1-26(2)48-13-10(44-22(18(13)49-26)32-6-4-12(35)30-24(32)39)8-42-51(40,41)50-14-9(7-33)43-21(31-5-3-11(34)29-23(31)38)17(14)47-25-45-15(19(27)36)16(46-25)20(28)37/h3-6,9-10,13-18,21-22,25,33H,7-8H2,1-2H3,(H2,27,36)(H2,28,37)(H,40,41)(H,29,34,38)(H,30,35,39)/t9-,10-,13-,14-,15-,16-,17-,18-,21-,22-/m1/s1.